The molecule has 0 saturated carbocycles. The molecule has 2 N–H and O–H groups in total. The molecule has 8 atom stereocenters. The lowest BCUT2D eigenvalue weighted by molar-refractivity contribution is -0.163. The molecule has 2 bridgehead atoms. The van der Waals surface area contributed by atoms with Crippen molar-refractivity contribution in [1.29, 1.82) is 0 Å². The second-order valence-electron chi connectivity index (χ2n) is 15.3. The Morgan fingerprint density at radius 2 is 1.78 bits per heavy atom. The number of esters is 1. The van der Waals surface area contributed by atoms with Crippen molar-refractivity contribution >= 4 is 40.2 Å². The number of benzene rings is 3. The van der Waals surface area contributed by atoms with Gasteiger partial charge in [0.15, 0.2) is 0 Å². The van der Waals surface area contributed by atoms with Crippen LogP contribution in [0.15, 0.2) is 98.1 Å². The number of nitrogens with zero attached hydrogens (tertiary/aromatic N) is 2. The number of methoxy groups -OCH3 is 1. The third kappa shape index (κ3) is 7.83. The number of likely N-dealkylation sites (tertiary alicyclic amines) is 1. The Morgan fingerprint density at radius 1 is 1.05 bits per heavy atom. The van der Waals surface area contributed by atoms with Gasteiger partial charge in [-0.05, 0) is 60.1 Å². The lowest BCUT2D eigenvalue weighted by Gasteiger charge is -2.39. The second-order valence-corrected chi connectivity index (χ2v) is 15.3. The zero-order chi connectivity index (χ0) is 39.3. The minimum atomic E-state index is -1.34. The zero-order valence-electron chi connectivity index (χ0n) is 32.0. The van der Waals surface area contributed by atoms with Crippen LogP contribution in [-0.4, -0.2) is 90.4 Å². The van der Waals surface area contributed by atoms with E-state index in [0.29, 0.717) is 36.9 Å². The van der Waals surface area contributed by atoms with E-state index in [4.69, 9.17) is 14.2 Å². The summed E-state index contributed by atoms with van der Waals surface area (Å²) in [6.45, 7) is 11.5. The molecule has 3 aliphatic rings. The number of fused-ring (bicyclic) bond motifs is 2. The first-order valence-corrected chi connectivity index (χ1v) is 19.2. The highest BCUT2D eigenvalue weighted by atomic mass is 16.6. The Bertz CT molecular complexity index is 1880. The first-order chi connectivity index (χ1) is 26.6. The molecule has 0 aliphatic carbocycles. The largest absolute Gasteiger partial charge is 0.455 e. The number of ether oxygens (including phenoxy) is 3. The fourth-order valence-corrected chi connectivity index (χ4v) is 8.92. The summed E-state index contributed by atoms with van der Waals surface area (Å²) in [5.74, 6) is -3.66. The Kier molecular flexibility index (Phi) is 12.5. The zero-order valence-corrected chi connectivity index (χ0v) is 32.0. The van der Waals surface area contributed by atoms with Crippen LogP contribution in [0.3, 0.4) is 0 Å². The summed E-state index contributed by atoms with van der Waals surface area (Å²) >= 11 is 0. The van der Waals surface area contributed by atoms with Crippen molar-refractivity contribution in [1.82, 2.24) is 10.2 Å². The van der Waals surface area contributed by atoms with Crippen molar-refractivity contribution < 1.29 is 38.5 Å². The van der Waals surface area contributed by atoms with Gasteiger partial charge in [0.25, 0.3) is 5.91 Å². The van der Waals surface area contributed by atoms with Crippen molar-refractivity contribution in [3.8, 4) is 0 Å². The third-order valence-corrected chi connectivity index (χ3v) is 11.2. The van der Waals surface area contributed by atoms with E-state index in [0.717, 1.165) is 10.8 Å². The Morgan fingerprint density at radius 3 is 2.45 bits per heavy atom. The quantitative estimate of drug-likeness (QED) is 0.128. The fraction of sp³-hybridized carbons (Fsp3) is 0.455. The molecule has 3 aliphatic heterocycles. The molecule has 11 nitrogen and oxygen atoms in total. The number of rotatable bonds is 18. The number of amides is 3. The molecule has 3 amide bonds. The molecule has 3 saturated heterocycles. The highest BCUT2D eigenvalue weighted by Gasteiger charge is 2.75. The summed E-state index contributed by atoms with van der Waals surface area (Å²) in [6, 6.07) is 20.2. The van der Waals surface area contributed by atoms with E-state index < -0.39 is 59.6 Å². The van der Waals surface area contributed by atoms with Gasteiger partial charge in [0.05, 0.1) is 43.2 Å². The van der Waals surface area contributed by atoms with E-state index in [2.05, 4.69) is 18.5 Å². The van der Waals surface area contributed by atoms with E-state index in [9.17, 15) is 19.5 Å². The van der Waals surface area contributed by atoms with Gasteiger partial charge in [-0.1, -0.05) is 86.7 Å². The van der Waals surface area contributed by atoms with Crippen LogP contribution in [0, 0.1) is 17.8 Å². The second kappa shape index (κ2) is 17.3. The average Bonchev–Trinajstić information content (AvgIpc) is 3.84. The van der Waals surface area contributed by atoms with Crippen LogP contribution in [0.1, 0.15) is 57.6 Å². The molecule has 0 unspecified atom stereocenters. The average molecular weight is 752 g/mol. The van der Waals surface area contributed by atoms with Gasteiger partial charge in [0, 0.05) is 25.8 Å². The molecule has 3 heterocycles. The van der Waals surface area contributed by atoms with Gasteiger partial charge >= 0.3 is 5.97 Å². The normalized spacial score (nSPS) is 24.3. The number of carbonyl (C=O) groups is 4. The monoisotopic (exact) mass is 751 g/mol. The molecule has 3 fully saturated rings. The summed E-state index contributed by atoms with van der Waals surface area (Å²) in [7, 11) is 1.51. The molecule has 292 valence electrons. The van der Waals surface area contributed by atoms with E-state index in [1.54, 1.807) is 17.1 Å². The number of hydrogen-bond donors (Lipinski definition) is 2. The molecule has 11 heteroatoms. The lowest BCUT2D eigenvalue weighted by atomic mass is 9.70. The van der Waals surface area contributed by atoms with Crippen LogP contribution in [0.4, 0.5) is 5.69 Å². The molecule has 0 aromatic heterocycles. The topological polar surface area (TPSA) is 135 Å². The maximum absolute atomic E-state index is 15.2. The summed E-state index contributed by atoms with van der Waals surface area (Å²) in [6.07, 6.45) is 3.59. The number of hydrogen-bond acceptors (Lipinski definition) is 8. The summed E-state index contributed by atoms with van der Waals surface area (Å²) in [4.78, 5) is 60.9. The molecule has 6 rings (SSSR count). The number of aliphatic hydroxyl groups is 1. The van der Waals surface area contributed by atoms with Crippen LogP contribution in [-0.2, 0) is 33.4 Å². The molecular formula is C44H53N3O8. The van der Waals surface area contributed by atoms with E-state index in [-0.39, 0.29) is 43.9 Å². The Labute approximate surface area is 323 Å². The maximum atomic E-state index is 15.2. The van der Waals surface area contributed by atoms with Crippen LogP contribution in [0.25, 0.3) is 10.8 Å². The summed E-state index contributed by atoms with van der Waals surface area (Å²) in [5, 5.41) is 15.7. The van der Waals surface area contributed by atoms with Crippen molar-refractivity contribution in [3.05, 3.63) is 104 Å². The van der Waals surface area contributed by atoms with Crippen LogP contribution < -0.4 is 10.2 Å². The molecule has 3 aromatic carbocycles. The molecule has 3 aromatic rings. The highest BCUT2D eigenvalue weighted by Crippen LogP contribution is 2.59. The SMILES string of the molecule is C=CCCC(=O)N[C@H](COC)[C@H](OC(=O)[C@@H]1[C@H]2C(=O)N([C@@H](CO)CC(C)C)[C@H](C(=O)N(CC=C)c3ccc4ccccc4c3)[C@]23CC[C@H]1O3)c1ccccc1. The van der Waals surface area contributed by atoms with Gasteiger partial charge in [0.2, 0.25) is 11.8 Å². The number of anilines is 1. The smallest absolute Gasteiger partial charge is 0.313 e. The van der Waals surface area contributed by atoms with Crippen molar-refractivity contribution in [3.63, 3.8) is 0 Å². The third-order valence-electron chi connectivity index (χ3n) is 11.2. The van der Waals surface area contributed by atoms with Crippen LogP contribution in [0.2, 0.25) is 0 Å². The van der Waals surface area contributed by atoms with Crippen LogP contribution in [0.5, 0.6) is 0 Å². The van der Waals surface area contributed by atoms with E-state index >= 15 is 4.79 Å². The number of aliphatic hydroxyl groups excluding tert-OH is 1. The van der Waals surface area contributed by atoms with E-state index in [1.807, 2.05) is 86.6 Å². The molecule has 0 radical (unpaired) electrons. The van der Waals surface area contributed by atoms with Gasteiger partial charge in [-0.2, -0.15) is 0 Å². The minimum Gasteiger partial charge on any atom is -0.455 e. The highest BCUT2D eigenvalue weighted by molar-refractivity contribution is 6.05. The Hall–Kier alpha value is -4.84. The number of carbonyl (C=O) groups excluding carboxylic acids is 4. The van der Waals surface area contributed by atoms with Gasteiger partial charge in [0.1, 0.15) is 17.7 Å². The predicted molar refractivity (Wildman–Crippen MR) is 210 cm³/mol. The van der Waals surface area contributed by atoms with E-state index in [1.165, 1.54) is 12.0 Å². The van der Waals surface area contributed by atoms with Gasteiger partial charge in [-0.3, -0.25) is 19.2 Å². The molecule has 1 spiro atoms. The molecule has 55 heavy (non-hydrogen) atoms. The van der Waals surface area contributed by atoms with Gasteiger partial charge < -0.3 is 34.4 Å². The van der Waals surface area contributed by atoms with Crippen molar-refractivity contribution in [2.45, 2.75) is 81.9 Å². The summed E-state index contributed by atoms with van der Waals surface area (Å²) < 4.78 is 18.6. The fourth-order valence-electron chi connectivity index (χ4n) is 8.92. The molecular weight excluding hydrogens is 698 g/mol. The van der Waals surface area contributed by atoms with Gasteiger partial charge in [-0.25, -0.2) is 0 Å². The standard InChI is InChI=1S/C44H53N3O8/c1-6-8-18-36(49)45-34(27-53-5)39(30-15-10-9-11-16-30)54-43(52)37-35-21-22-44(55-35)38(37)41(50)47(33(26-48)24-28(3)4)40(44)42(51)46(23-7-2)32-20-19-29-14-12-13-17-31(29)25-32/h6-7,9-17,19-20,25,28,33-35,37-40,48H,1-2,8,18,21-24,26-27H2,3-5H3,(H,45,49)/t33-,34-,35-,37+,38+,39-,40-,44+/m1/s1. The summed E-state index contributed by atoms with van der Waals surface area (Å²) in [5.41, 5.74) is -0.0642. The van der Waals surface area contributed by atoms with Crippen molar-refractivity contribution in [2.75, 3.05) is 31.8 Å². The predicted octanol–water partition coefficient (Wildman–Crippen LogP) is 5.52. The van der Waals surface area contributed by atoms with Gasteiger partial charge in [-0.15, -0.1) is 13.2 Å². The van der Waals surface area contributed by atoms with Crippen LogP contribution >= 0.6 is 0 Å². The minimum absolute atomic E-state index is 0.0508. The lowest BCUT2D eigenvalue weighted by Crippen LogP contribution is -2.59. The maximum Gasteiger partial charge on any atom is 0.313 e. The van der Waals surface area contributed by atoms with Crippen molar-refractivity contribution in [2.24, 2.45) is 17.8 Å². The number of nitrogens with one attached hydrogen (secondary N) is 1. The first-order valence-electron chi connectivity index (χ1n) is 19.2. The number of allylic oxidation sites excluding steroid dienone is 1. The Balaban J connectivity index is 1.38. The first kappa shape index (κ1) is 39.8.